The molecule has 2 saturated heterocycles. The van der Waals surface area contributed by atoms with E-state index in [1.54, 1.807) is 0 Å². The molecule has 0 aliphatic carbocycles. The molecular weight excluding hydrogens is 335 g/mol. The van der Waals surface area contributed by atoms with Crippen LogP contribution in [0.3, 0.4) is 0 Å². The first-order valence-electron chi connectivity index (χ1n) is 7.60. The highest BCUT2D eigenvalue weighted by atomic mass is 35.5. The van der Waals surface area contributed by atoms with Gasteiger partial charge in [0, 0.05) is 10.0 Å². The lowest BCUT2D eigenvalue weighted by Gasteiger charge is -2.24. The van der Waals surface area contributed by atoms with Gasteiger partial charge in [0.2, 0.25) is 0 Å². The zero-order valence-corrected chi connectivity index (χ0v) is 13.8. The maximum absolute atomic E-state index is 6.41. The lowest BCUT2D eigenvalue weighted by molar-refractivity contribution is -0.0419. The number of ether oxygens (including phenoxy) is 3. The zero-order chi connectivity index (χ0) is 15.8. The first-order valence-corrected chi connectivity index (χ1v) is 8.36. The summed E-state index contributed by atoms with van der Waals surface area (Å²) in [5.41, 5.74) is 2.13. The Bertz CT molecular complexity index is 604. The molecule has 5 heteroatoms. The third-order valence-electron chi connectivity index (χ3n) is 4.08. The van der Waals surface area contributed by atoms with Gasteiger partial charge in [0.15, 0.2) is 0 Å². The molecule has 2 heterocycles. The van der Waals surface area contributed by atoms with Crippen LogP contribution >= 0.6 is 23.2 Å². The number of benzene rings is 2. The average molecular weight is 351 g/mol. The fraction of sp³-hybridized carbons (Fsp3) is 0.333. The van der Waals surface area contributed by atoms with Crippen LogP contribution in [0.5, 0.6) is 0 Å². The summed E-state index contributed by atoms with van der Waals surface area (Å²) >= 11 is 12.0. The molecule has 4 atom stereocenters. The van der Waals surface area contributed by atoms with Gasteiger partial charge in [-0.3, -0.25) is 0 Å². The fourth-order valence-corrected chi connectivity index (χ4v) is 2.94. The van der Waals surface area contributed by atoms with Crippen LogP contribution < -0.4 is 0 Å². The van der Waals surface area contributed by atoms with E-state index in [4.69, 9.17) is 37.4 Å². The minimum atomic E-state index is -0.128. The van der Waals surface area contributed by atoms with Gasteiger partial charge in [-0.25, -0.2) is 0 Å². The monoisotopic (exact) mass is 350 g/mol. The summed E-state index contributed by atoms with van der Waals surface area (Å²) in [4.78, 5) is 0. The standard InChI is InChI=1S/C18H16Cl2O3/c19-13-5-1-11(2-6-13)17(15-9-21-15)23-18(16-10-22-16)12-3-7-14(20)8-4-12/h1-8,15-18H,9-10H2/t15-,16-,17-,18+/m1/s1. The molecule has 2 aromatic rings. The number of hydrogen-bond donors (Lipinski definition) is 0. The van der Waals surface area contributed by atoms with Crippen molar-refractivity contribution in [2.45, 2.75) is 24.4 Å². The Labute approximate surface area is 145 Å². The van der Waals surface area contributed by atoms with E-state index in [2.05, 4.69) is 0 Å². The Kier molecular flexibility index (Phi) is 4.31. The largest absolute Gasteiger partial charge is 0.370 e. The van der Waals surface area contributed by atoms with Gasteiger partial charge >= 0.3 is 0 Å². The summed E-state index contributed by atoms with van der Waals surface area (Å²) in [5.74, 6) is 0. The molecule has 0 spiro atoms. The van der Waals surface area contributed by atoms with Crippen molar-refractivity contribution in [3.8, 4) is 0 Å². The predicted octanol–water partition coefficient (Wildman–Crippen LogP) is 4.59. The fourth-order valence-electron chi connectivity index (χ4n) is 2.69. The summed E-state index contributed by atoms with van der Waals surface area (Å²) in [6.45, 7) is 1.43. The highest BCUT2D eigenvalue weighted by Gasteiger charge is 2.42. The molecule has 23 heavy (non-hydrogen) atoms. The molecule has 0 N–H and O–H groups in total. The number of hydrogen-bond acceptors (Lipinski definition) is 3. The van der Waals surface area contributed by atoms with Crippen LogP contribution in [-0.4, -0.2) is 25.4 Å². The average Bonchev–Trinajstić information content (AvgIpc) is 3.45. The molecule has 3 nitrogen and oxygen atoms in total. The van der Waals surface area contributed by atoms with Crippen LogP contribution in [0.4, 0.5) is 0 Å². The van der Waals surface area contributed by atoms with Crippen LogP contribution in [0, 0.1) is 0 Å². The van der Waals surface area contributed by atoms with Crippen molar-refractivity contribution in [1.82, 2.24) is 0 Å². The Morgan fingerprint density at radius 2 is 1.09 bits per heavy atom. The second kappa shape index (κ2) is 6.42. The minimum absolute atomic E-state index is 0.0877. The molecule has 2 fully saturated rings. The lowest BCUT2D eigenvalue weighted by atomic mass is 10.0. The quantitative estimate of drug-likeness (QED) is 0.714. The minimum Gasteiger partial charge on any atom is -0.370 e. The first-order chi connectivity index (χ1) is 11.2. The molecule has 0 bridgehead atoms. The van der Waals surface area contributed by atoms with Crippen molar-refractivity contribution in [1.29, 1.82) is 0 Å². The Hall–Kier alpha value is -1.10. The Morgan fingerprint density at radius 1 is 0.739 bits per heavy atom. The van der Waals surface area contributed by atoms with E-state index < -0.39 is 0 Å². The van der Waals surface area contributed by atoms with Crippen molar-refractivity contribution in [2.75, 3.05) is 13.2 Å². The molecule has 0 unspecified atom stereocenters. The summed E-state index contributed by atoms with van der Waals surface area (Å²) in [6.07, 6.45) is -0.0799. The van der Waals surface area contributed by atoms with E-state index in [-0.39, 0.29) is 24.4 Å². The first kappa shape index (κ1) is 15.4. The van der Waals surface area contributed by atoms with Crippen LogP contribution in [0.1, 0.15) is 23.3 Å². The van der Waals surface area contributed by atoms with Crippen molar-refractivity contribution >= 4 is 23.2 Å². The van der Waals surface area contributed by atoms with Gasteiger partial charge < -0.3 is 14.2 Å². The van der Waals surface area contributed by atoms with Gasteiger partial charge in [-0.1, -0.05) is 47.5 Å². The van der Waals surface area contributed by atoms with Gasteiger partial charge in [0.05, 0.1) is 13.2 Å². The smallest absolute Gasteiger partial charge is 0.112 e. The van der Waals surface area contributed by atoms with Gasteiger partial charge in [0.25, 0.3) is 0 Å². The predicted molar refractivity (Wildman–Crippen MR) is 89.0 cm³/mol. The SMILES string of the molecule is Clc1ccc([C@@H](O[C@@H](c2ccc(Cl)cc2)[C@H]2CO2)[C@H]2CO2)cc1. The summed E-state index contributed by atoms with van der Waals surface area (Å²) in [5, 5.41) is 1.42. The molecule has 0 saturated carbocycles. The molecular formula is C18H16Cl2O3. The zero-order valence-electron chi connectivity index (χ0n) is 12.3. The summed E-state index contributed by atoms with van der Waals surface area (Å²) in [6, 6.07) is 15.5. The topological polar surface area (TPSA) is 34.3 Å². The summed E-state index contributed by atoms with van der Waals surface area (Å²) < 4.78 is 17.4. The Balaban J connectivity index is 1.58. The number of rotatable bonds is 6. The van der Waals surface area contributed by atoms with E-state index >= 15 is 0 Å². The van der Waals surface area contributed by atoms with Gasteiger partial charge in [-0.05, 0) is 35.4 Å². The molecule has 2 aliphatic rings. The van der Waals surface area contributed by atoms with Crippen molar-refractivity contribution in [3.63, 3.8) is 0 Å². The number of epoxide rings is 2. The third-order valence-corrected chi connectivity index (χ3v) is 4.59. The van der Waals surface area contributed by atoms with Crippen molar-refractivity contribution in [3.05, 3.63) is 69.7 Å². The van der Waals surface area contributed by atoms with E-state index in [1.165, 1.54) is 0 Å². The van der Waals surface area contributed by atoms with Crippen molar-refractivity contribution < 1.29 is 14.2 Å². The second-order valence-electron chi connectivity index (χ2n) is 5.82. The number of halogens is 2. The van der Waals surface area contributed by atoms with E-state index in [9.17, 15) is 0 Å². The van der Waals surface area contributed by atoms with E-state index in [0.29, 0.717) is 23.3 Å². The van der Waals surface area contributed by atoms with Crippen LogP contribution in [0.25, 0.3) is 0 Å². The molecule has 0 aromatic heterocycles. The van der Waals surface area contributed by atoms with Crippen LogP contribution in [0.2, 0.25) is 10.0 Å². The summed E-state index contributed by atoms with van der Waals surface area (Å²) in [7, 11) is 0. The maximum Gasteiger partial charge on any atom is 0.112 e. The van der Waals surface area contributed by atoms with E-state index in [1.807, 2.05) is 48.5 Å². The van der Waals surface area contributed by atoms with Crippen LogP contribution in [0.15, 0.2) is 48.5 Å². The highest BCUT2D eigenvalue weighted by Crippen LogP contribution is 2.40. The molecule has 0 amide bonds. The van der Waals surface area contributed by atoms with Gasteiger partial charge in [0.1, 0.15) is 24.4 Å². The highest BCUT2D eigenvalue weighted by molar-refractivity contribution is 6.30. The van der Waals surface area contributed by atoms with Crippen LogP contribution in [-0.2, 0) is 14.2 Å². The Morgan fingerprint density at radius 3 is 1.39 bits per heavy atom. The molecule has 4 rings (SSSR count). The molecule has 2 aromatic carbocycles. The molecule has 0 radical (unpaired) electrons. The lowest BCUT2D eigenvalue weighted by Crippen LogP contribution is -2.19. The van der Waals surface area contributed by atoms with Gasteiger partial charge in [-0.2, -0.15) is 0 Å². The third kappa shape index (κ3) is 3.70. The maximum atomic E-state index is 6.41. The molecule has 2 aliphatic heterocycles. The second-order valence-corrected chi connectivity index (χ2v) is 6.70. The van der Waals surface area contributed by atoms with E-state index in [0.717, 1.165) is 11.1 Å². The molecule has 120 valence electrons. The normalized spacial score (nSPS) is 25.0. The van der Waals surface area contributed by atoms with Crippen molar-refractivity contribution in [2.24, 2.45) is 0 Å². The van der Waals surface area contributed by atoms with Gasteiger partial charge in [-0.15, -0.1) is 0 Å².